The molecule has 0 radical (unpaired) electrons. The van der Waals surface area contributed by atoms with Gasteiger partial charge >= 0.3 is 0 Å². The maximum Gasteiger partial charge on any atom is 0.161 e. The van der Waals surface area contributed by atoms with Gasteiger partial charge in [0.15, 0.2) is 5.78 Å². The normalized spacial score (nSPS) is 12.3. The number of carbonyl (C=O) groups excluding carboxylic acids is 1. The van der Waals surface area contributed by atoms with Crippen molar-refractivity contribution in [2.24, 2.45) is 0 Å². The first kappa shape index (κ1) is 13.0. The smallest absolute Gasteiger partial charge is 0.161 e. The molecule has 0 saturated carbocycles. The Labute approximate surface area is 102 Å². The standard InChI is InChI=1S/C13H18ClNO/c1-5-9(2)15(4)11-6-7-12(10(3)16)13(14)8-11/h6-9H,5H2,1-4H3. The summed E-state index contributed by atoms with van der Waals surface area (Å²) >= 11 is 6.07. The predicted octanol–water partition coefficient (Wildman–Crippen LogP) is 3.78. The number of hydrogen-bond donors (Lipinski definition) is 0. The summed E-state index contributed by atoms with van der Waals surface area (Å²) in [6.45, 7) is 5.83. The second kappa shape index (κ2) is 5.35. The van der Waals surface area contributed by atoms with Gasteiger partial charge in [0, 0.05) is 24.3 Å². The molecule has 3 heteroatoms. The lowest BCUT2D eigenvalue weighted by atomic mass is 10.1. The van der Waals surface area contributed by atoms with Gasteiger partial charge < -0.3 is 4.90 Å². The summed E-state index contributed by atoms with van der Waals surface area (Å²) in [6, 6.07) is 6.04. The third-order valence-electron chi connectivity index (χ3n) is 2.99. The van der Waals surface area contributed by atoms with Crippen LogP contribution in [0.25, 0.3) is 0 Å². The first-order valence-corrected chi connectivity index (χ1v) is 5.88. The lowest BCUT2D eigenvalue weighted by Crippen LogP contribution is -2.27. The van der Waals surface area contributed by atoms with Gasteiger partial charge in [-0.05, 0) is 38.5 Å². The Morgan fingerprint density at radius 3 is 2.56 bits per heavy atom. The van der Waals surface area contributed by atoms with E-state index in [1.807, 2.05) is 19.2 Å². The van der Waals surface area contributed by atoms with E-state index < -0.39 is 0 Å². The molecule has 1 aromatic carbocycles. The highest BCUT2D eigenvalue weighted by Gasteiger charge is 2.11. The van der Waals surface area contributed by atoms with Crippen LogP contribution in [0, 0.1) is 0 Å². The fourth-order valence-electron chi connectivity index (χ4n) is 1.54. The topological polar surface area (TPSA) is 20.3 Å². The fraction of sp³-hybridized carbons (Fsp3) is 0.462. The molecule has 0 heterocycles. The highest BCUT2D eigenvalue weighted by molar-refractivity contribution is 6.34. The van der Waals surface area contributed by atoms with E-state index in [1.165, 1.54) is 6.92 Å². The molecule has 1 unspecified atom stereocenters. The van der Waals surface area contributed by atoms with Crippen LogP contribution in [0.1, 0.15) is 37.6 Å². The molecule has 16 heavy (non-hydrogen) atoms. The zero-order valence-corrected chi connectivity index (χ0v) is 11.0. The molecular formula is C13H18ClNO. The van der Waals surface area contributed by atoms with Crippen LogP contribution in [0.15, 0.2) is 18.2 Å². The minimum atomic E-state index is 0.00254. The Hall–Kier alpha value is -1.02. The summed E-state index contributed by atoms with van der Waals surface area (Å²) in [6.07, 6.45) is 1.07. The maximum atomic E-state index is 11.2. The van der Waals surface area contributed by atoms with E-state index in [9.17, 15) is 4.79 Å². The molecule has 1 atom stereocenters. The molecule has 0 N–H and O–H groups in total. The van der Waals surface area contributed by atoms with Crippen LogP contribution in [0.4, 0.5) is 5.69 Å². The number of Topliss-reactive ketones (excluding diaryl/α,β-unsaturated/α-hetero) is 1. The molecule has 1 rings (SSSR count). The number of ketones is 1. The van der Waals surface area contributed by atoms with Gasteiger partial charge in [-0.3, -0.25) is 4.79 Å². The molecule has 0 spiro atoms. The second-order valence-corrected chi connectivity index (χ2v) is 4.50. The van der Waals surface area contributed by atoms with Crippen LogP contribution in [0.5, 0.6) is 0 Å². The Morgan fingerprint density at radius 2 is 2.12 bits per heavy atom. The first-order chi connectivity index (χ1) is 7.47. The number of hydrogen-bond acceptors (Lipinski definition) is 2. The largest absolute Gasteiger partial charge is 0.372 e. The van der Waals surface area contributed by atoms with Crippen LogP contribution in [-0.4, -0.2) is 18.9 Å². The van der Waals surface area contributed by atoms with Crippen LogP contribution >= 0.6 is 11.6 Å². The monoisotopic (exact) mass is 239 g/mol. The van der Waals surface area contributed by atoms with E-state index in [0.29, 0.717) is 16.6 Å². The molecule has 0 aromatic heterocycles. The third-order valence-corrected chi connectivity index (χ3v) is 3.30. The molecule has 2 nitrogen and oxygen atoms in total. The van der Waals surface area contributed by atoms with E-state index in [0.717, 1.165) is 12.1 Å². The number of benzene rings is 1. The van der Waals surface area contributed by atoms with Crippen molar-refractivity contribution in [2.75, 3.05) is 11.9 Å². The van der Waals surface area contributed by atoms with E-state index in [-0.39, 0.29) is 5.78 Å². The second-order valence-electron chi connectivity index (χ2n) is 4.09. The summed E-state index contributed by atoms with van der Waals surface area (Å²) in [5, 5.41) is 0.528. The molecule has 0 aliphatic heterocycles. The van der Waals surface area contributed by atoms with E-state index in [4.69, 9.17) is 11.6 Å². The molecular weight excluding hydrogens is 222 g/mol. The molecule has 0 saturated heterocycles. The minimum absolute atomic E-state index is 0.00254. The maximum absolute atomic E-state index is 11.2. The van der Waals surface area contributed by atoms with E-state index >= 15 is 0 Å². The van der Waals surface area contributed by atoms with Gasteiger partial charge in [0.1, 0.15) is 0 Å². The average Bonchev–Trinajstić information content (AvgIpc) is 2.26. The van der Waals surface area contributed by atoms with Gasteiger partial charge in [-0.2, -0.15) is 0 Å². The van der Waals surface area contributed by atoms with Crippen molar-refractivity contribution in [1.82, 2.24) is 0 Å². The van der Waals surface area contributed by atoms with Gasteiger partial charge in [-0.15, -0.1) is 0 Å². The van der Waals surface area contributed by atoms with Crippen molar-refractivity contribution in [3.8, 4) is 0 Å². The van der Waals surface area contributed by atoms with Gasteiger partial charge in [-0.25, -0.2) is 0 Å². The van der Waals surface area contributed by atoms with Gasteiger partial charge in [0.2, 0.25) is 0 Å². The quantitative estimate of drug-likeness (QED) is 0.746. The van der Waals surface area contributed by atoms with Crippen LogP contribution in [0.2, 0.25) is 5.02 Å². The van der Waals surface area contributed by atoms with Crippen molar-refractivity contribution < 1.29 is 4.79 Å². The molecule has 1 aromatic rings. The highest BCUT2D eigenvalue weighted by atomic mass is 35.5. The van der Waals surface area contributed by atoms with Gasteiger partial charge in [0.05, 0.1) is 5.02 Å². The zero-order valence-electron chi connectivity index (χ0n) is 10.2. The third kappa shape index (κ3) is 2.76. The average molecular weight is 240 g/mol. The Morgan fingerprint density at radius 1 is 1.50 bits per heavy atom. The van der Waals surface area contributed by atoms with Crippen LogP contribution in [-0.2, 0) is 0 Å². The number of nitrogens with zero attached hydrogens (tertiary/aromatic N) is 1. The molecule has 0 aliphatic rings. The lowest BCUT2D eigenvalue weighted by molar-refractivity contribution is 0.101. The van der Waals surface area contributed by atoms with Gasteiger partial charge in [0.25, 0.3) is 0 Å². The van der Waals surface area contributed by atoms with Crippen molar-refractivity contribution in [2.45, 2.75) is 33.2 Å². The molecule has 0 fully saturated rings. The Bertz CT molecular complexity index is 390. The zero-order chi connectivity index (χ0) is 12.3. The summed E-state index contributed by atoms with van der Waals surface area (Å²) in [4.78, 5) is 13.4. The first-order valence-electron chi connectivity index (χ1n) is 5.50. The molecule has 0 aliphatic carbocycles. The number of halogens is 1. The number of rotatable bonds is 4. The fourth-order valence-corrected chi connectivity index (χ4v) is 1.85. The number of anilines is 1. The minimum Gasteiger partial charge on any atom is -0.372 e. The molecule has 0 bridgehead atoms. The van der Waals surface area contributed by atoms with Crippen molar-refractivity contribution in [3.05, 3.63) is 28.8 Å². The Balaban J connectivity index is 3.01. The van der Waals surface area contributed by atoms with Crippen LogP contribution < -0.4 is 4.90 Å². The van der Waals surface area contributed by atoms with Crippen molar-refractivity contribution in [3.63, 3.8) is 0 Å². The van der Waals surface area contributed by atoms with E-state index in [2.05, 4.69) is 18.7 Å². The molecule has 0 amide bonds. The van der Waals surface area contributed by atoms with Gasteiger partial charge in [-0.1, -0.05) is 18.5 Å². The van der Waals surface area contributed by atoms with Crippen molar-refractivity contribution >= 4 is 23.1 Å². The summed E-state index contributed by atoms with van der Waals surface area (Å²) in [5.74, 6) is 0.00254. The van der Waals surface area contributed by atoms with E-state index in [1.54, 1.807) is 6.07 Å². The molecule has 88 valence electrons. The summed E-state index contributed by atoms with van der Waals surface area (Å²) < 4.78 is 0. The highest BCUT2D eigenvalue weighted by Crippen LogP contribution is 2.25. The summed E-state index contributed by atoms with van der Waals surface area (Å²) in [7, 11) is 2.03. The predicted molar refractivity (Wildman–Crippen MR) is 69.6 cm³/mol. The van der Waals surface area contributed by atoms with Crippen LogP contribution in [0.3, 0.4) is 0 Å². The van der Waals surface area contributed by atoms with Crippen molar-refractivity contribution in [1.29, 1.82) is 0 Å². The summed E-state index contributed by atoms with van der Waals surface area (Å²) in [5.41, 5.74) is 1.63. The number of carbonyl (C=O) groups is 1. The Kier molecular flexibility index (Phi) is 4.36. The lowest BCUT2D eigenvalue weighted by Gasteiger charge is -2.26. The SMILES string of the molecule is CCC(C)N(C)c1ccc(C(C)=O)c(Cl)c1.